The third-order valence-corrected chi connectivity index (χ3v) is 3.29. The average molecular weight is 205 g/mol. The zero-order valence-electron chi connectivity index (χ0n) is 9.48. The van der Waals surface area contributed by atoms with Crippen molar-refractivity contribution >= 4 is 0 Å². The van der Waals surface area contributed by atoms with Crippen LogP contribution in [-0.4, -0.2) is 29.1 Å². The number of nitrogens with zero attached hydrogens (tertiary/aromatic N) is 1. The maximum atomic E-state index is 9.43. The molecule has 1 aliphatic heterocycles. The topological polar surface area (TPSA) is 23.5 Å². The van der Waals surface area contributed by atoms with Gasteiger partial charge in [-0.1, -0.05) is 12.1 Å². The standard InChI is InChI=1S/C13H19NO/c1-10(2)14-7-6-12(9-14)11-4-3-5-13(15)8-11/h3-5,8,10,12,15H,6-7,9H2,1-2H3. The van der Waals surface area contributed by atoms with Crippen LogP contribution in [-0.2, 0) is 0 Å². The van der Waals surface area contributed by atoms with Crippen LogP contribution in [0.25, 0.3) is 0 Å². The number of phenols is 1. The molecule has 1 fully saturated rings. The van der Waals surface area contributed by atoms with Gasteiger partial charge in [0.2, 0.25) is 0 Å². The Morgan fingerprint density at radius 3 is 2.80 bits per heavy atom. The van der Waals surface area contributed by atoms with Crippen LogP contribution in [0, 0.1) is 0 Å². The van der Waals surface area contributed by atoms with Gasteiger partial charge in [0.1, 0.15) is 5.75 Å². The van der Waals surface area contributed by atoms with Crippen LogP contribution in [0.1, 0.15) is 31.7 Å². The van der Waals surface area contributed by atoms with Gasteiger partial charge in [-0.15, -0.1) is 0 Å². The minimum Gasteiger partial charge on any atom is -0.508 e. The summed E-state index contributed by atoms with van der Waals surface area (Å²) in [6, 6.07) is 8.32. The van der Waals surface area contributed by atoms with Crippen molar-refractivity contribution in [3.63, 3.8) is 0 Å². The highest BCUT2D eigenvalue weighted by Crippen LogP contribution is 2.29. The summed E-state index contributed by atoms with van der Waals surface area (Å²) in [6.07, 6.45) is 1.21. The molecule has 1 aromatic carbocycles. The molecule has 0 radical (unpaired) electrons. The van der Waals surface area contributed by atoms with E-state index in [-0.39, 0.29) is 0 Å². The third-order valence-electron chi connectivity index (χ3n) is 3.29. The van der Waals surface area contributed by atoms with Crippen molar-refractivity contribution in [1.82, 2.24) is 4.90 Å². The van der Waals surface area contributed by atoms with Gasteiger partial charge in [-0.2, -0.15) is 0 Å². The van der Waals surface area contributed by atoms with Crippen molar-refractivity contribution in [1.29, 1.82) is 0 Å². The lowest BCUT2D eigenvalue weighted by atomic mass is 9.98. The van der Waals surface area contributed by atoms with Crippen molar-refractivity contribution in [2.45, 2.75) is 32.2 Å². The highest BCUT2D eigenvalue weighted by molar-refractivity contribution is 5.30. The summed E-state index contributed by atoms with van der Waals surface area (Å²) in [4.78, 5) is 2.49. The summed E-state index contributed by atoms with van der Waals surface area (Å²) in [7, 11) is 0. The summed E-state index contributed by atoms with van der Waals surface area (Å²) in [5.74, 6) is 0.981. The molecule has 0 aliphatic carbocycles. The Kier molecular flexibility index (Phi) is 2.96. The summed E-state index contributed by atoms with van der Waals surface area (Å²) >= 11 is 0. The molecule has 1 heterocycles. The minimum atomic E-state index is 0.385. The summed E-state index contributed by atoms with van der Waals surface area (Å²) in [5.41, 5.74) is 1.28. The van der Waals surface area contributed by atoms with Gasteiger partial charge < -0.3 is 10.0 Å². The Morgan fingerprint density at radius 1 is 1.40 bits per heavy atom. The second kappa shape index (κ2) is 4.23. The number of phenolic OH excluding ortho intramolecular Hbond substituents is 1. The van der Waals surface area contributed by atoms with Crippen molar-refractivity contribution < 1.29 is 5.11 Å². The van der Waals surface area contributed by atoms with Crippen molar-refractivity contribution in [3.8, 4) is 5.75 Å². The fourth-order valence-electron chi connectivity index (χ4n) is 2.31. The molecule has 2 nitrogen and oxygen atoms in total. The second-order valence-electron chi connectivity index (χ2n) is 4.67. The molecule has 0 amide bonds. The zero-order chi connectivity index (χ0) is 10.8. The van der Waals surface area contributed by atoms with Crippen LogP contribution in [0.4, 0.5) is 0 Å². The van der Waals surface area contributed by atoms with Crippen molar-refractivity contribution in [2.24, 2.45) is 0 Å². The Balaban J connectivity index is 2.08. The molecule has 1 aromatic rings. The van der Waals surface area contributed by atoms with E-state index in [0.717, 1.165) is 6.54 Å². The molecule has 0 spiro atoms. The fraction of sp³-hybridized carbons (Fsp3) is 0.538. The predicted molar refractivity (Wildman–Crippen MR) is 62.2 cm³/mol. The molecule has 2 heteroatoms. The van der Waals surface area contributed by atoms with Crippen LogP contribution in [0.2, 0.25) is 0 Å². The molecular formula is C13H19NO. The number of benzene rings is 1. The third kappa shape index (κ3) is 2.32. The molecule has 0 aromatic heterocycles. The van der Waals surface area contributed by atoms with Crippen molar-refractivity contribution in [3.05, 3.63) is 29.8 Å². The van der Waals surface area contributed by atoms with Gasteiger partial charge in [0.05, 0.1) is 0 Å². The van der Waals surface area contributed by atoms with E-state index in [0.29, 0.717) is 17.7 Å². The van der Waals surface area contributed by atoms with Crippen LogP contribution in [0.3, 0.4) is 0 Å². The van der Waals surface area contributed by atoms with E-state index in [2.05, 4.69) is 24.8 Å². The van der Waals surface area contributed by atoms with Crippen LogP contribution in [0.15, 0.2) is 24.3 Å². The smallest absolute Gasteiger partial charge is 0.115 e. The van der Waals surface area contributed by atoms with Crippen LogP contribution in [0.5, 0.6) is 5.75 Å². The van der Waals surface area contributed by atoms with E-state index >= 15 is 0 Å². The highest BCUT2D eigenvalue weighted by Gasteiger charge is 2.25. The number of likely N-dealkylation sites (tertiary alicyclic amines) is 1. The summed E-state index contributed by atoms with van der Waals surface area (Å²) < 4.78 is 0. The SMILES string of the molecule is CC(C)N1CCC(c2cccc(O)c2)C1. The summed E-state index contributed by atoms with van der Waals surface area (Å²) in [5, 5.41) is 9.43. The van der Waals surface area contributed by atoms with Gasteiger partial charge in [-0.25, -0.2) is 0 Å². The largest absolute Gasteiger partial charge is 0.508 e. The van der Waals surface area contributed by atoms with Gasteiger partial charge in [0, 0.05) is 12.6 Å². The van der Waals surface area contributed by atoms with Crippen LogP contribution < -0.4 is 0 Å². The number of rotatable bonds is 2. The van der Waals surface area contributed by atoms with E-state index in [9.17, 15) is 5.11 Å². The summed E-state index contributed by atoms with van der Waals surface area (Å²) in [6.45, 7) is 6.79. The maximum absolute atomic E-state index is 9.43. The lowest BCUT2D eigenvalue weighted by Gasteiger charge is -2.20. The molecule has 1 aliphatic rings. The average Bonchev–Trinajstić information content (AvgIpc) is 2.66. The van der Waals surface area contributed by atoms with E-state index in [1.807, 2.05) is 12.1 Å². The molecule has 1 N–H and O–H groups in total. The lowest BCUT2D eigenvalue weighted by molar-refractivity contribution is 0.272. The fourth-order valence-corrected chi connectivity index (χ4v) is 2.31. The molecule has 15 heavy (non-hydrogen) atoms. The van der Waals surface area contributed by atoms with E-state index in [1.54, 1.807) is 6.07 Å². The molecule has 2 rings (SSSR count). The molecular weight excluding hydrogens is 186 g/mol. The molecule has 82 valence electrons. The van der Waals surface area contributed by atoms with Gasteiger partial charge in [-0.3, -0.25) is 0 Å². The highest BCUT2D eigenvalue weighted by atomic mass is 16.3. The number of hydrogen-bond acceptors (Lipinski definition) is 2. The predicted octanol–water partition coefficient (Wildman–Crippen LogP) is 2.59. The van der Waals surface area contributed by atoms with Gasteiger partial charge in [0.15, 0.2) is 0 Å². The lowest BCUT2D eigenvalue weighted by Crippen LogP contribution is -2.27. The molecule has 0 bridgehead atoms. The van der Waals surface area contributed by atoms with Crippen molar-refractivity contribution in [2.75, 3.05) is 13.1 Å². The first-order chi connectivity index (χ1) is 7.16. The van der Waals surface area contributed by atoms with Crippen LogP contribution >= 0.6 is 0 Å². The first-order valence-corrected chi connectivity index (χ1v) is 5.70. The molecule has 1 unspecified atom stereocenters. The number of hydrogen-bond donors (Lipinski definition) is 1. The minimum absolute atomic E-state index is 0.385. The van der Waals surface area contributed by atoms with E-state index < -0.39 is 0 Å². The second-order valence-corrected chi connectivity index (χ2v) is 4.67. The molecule has 0 saturated carbocycles. The normalized spacial score (nSPS) is 22.5. The van der Waals surface area contributed by atoms with Gasteiger partial charge in [-0.05, 0) is 50.4 Å². The molecule has 1 saturated heterocycles. The van der Waals surface area contributed by atoms with Gasteiger partial charge in [0.25, 0.3) is 0 Å². The first kappa shape index (κ1) is 10.5. The quantitative estimate of drug-likeness (QED) is 0.802. The monoisotopic (exact) mass is 205 g/mol. The number of aromatic hydroxyl groups is 1. The Morgan fingerprint density at radius 2 is 2.20 bits per heavy atom. The maximum Gasteiger partial charge on any atom is 0.115 e. The van der Waals surface area contributed by atoms with E-state index in [4.69, 9.17) is 0 Å². The zero-order valence-corrected chi connectivity index (χ0v) is 9.48. The van der Waals surface area contributed by atoms with E-state index in [1.165, 1.54) is 18.5 Å². The molecule has 1 atom stereocenters. The Labute approximate surface area is 91.5 Å². The Hall–Kier alpha value is -1.02. The van der Waals surface area contributed by atoms with Gasteiger partial charge >= 0.3 is 0 Å². The first-order valence-electron chi connectivity index (χ1n) is 5.70. The Bertz CT molecular complexity index is 335.